The summed E-state index contributed by atoms with van der Waals surface area (Å²) in [5.41, 5.74) is 1.21. The molecule has 150 valence electrons. The molecular weight excluding hydrogens is 360 g/mol. The van der Waals surface area contributed by atoms with Crippen molar-refractivity contribution in [3.63, 3.8) is 0 Å². The fraction of sp³-hybridized carbons (Fsp3) is 0.682. The number of hydrogen-bond donors (Lipinski definition) is 1. The minimum absolute atomic E-state index is 0. The maximum absolute atomic E-state index is 12.7. The van der Waals surface area contributed by atoms with Crippen LogP contribution in [0.25, 0.3) is 0 Å². The molecule has 1 N–H and O–H groups in total. The number of likely N-dealkylation sites (tertiary alicyclic amines) is 1. The minimum atomic E-state index is 0. The molecule has 0 spiro atoms. The van der Waals surface area contributed by atoms with Gasteiger partial charge in [-0.15, -0.1) is 12.4 Å². The van der Waals surface area contributed by atoms with Gasteiger partial charge < -0.3 is 15.0 Å². The van der Waals surface area contributed by atoms with Crippen LogP contribution in [0.2, 0.25) is 0 Å². The molecule has 3 aliphatic rings. The highest BCUT2D eigenvalue weighted by Gasteiger charge is 2.31. The molecule has 0 unspecified atom stereocenters. The molecule has 1 aromatic carbocycles. The van der Waals surface area contributed by atoms with Crippen molar-refractivity contribution >= 4 is 18.3 Å². The van der Waals surface area contributed by atoms with Gasteiger partial charge >= 0.3 is 0 Å². The first kappa shape index (κ1) is 20.5. The standard InChI is InChI=1S/C22H32N2O2.ClH/c25-22(24-12-10-18-15-23-16-19(18)11-13-24)9-8-17-4-3-7-21(14-17)26-20-5-1-2-6-20;/h3-4,7,14,18-20,23H,1-2,5-6,8-13,15-16H2;1H/t18-,19+;. The molecule has 5 heteroatoms. The molecule has 1 saturated carbocycles. The van der Waals surface area contributed by atoms with Gasteiger partial charge in [0.2, 0.25) is 5.91 Å². The van der Waals surface area contributed by atoms with Crippen LogP contribution >= 0.6 is 12.4 Å². The highest BCUT2D eigenvalue weighted by atomic mass is 35.5. The van der Waals surface area contributed by atoms with Gasteiger partial charge in [0.05, 0.1) is 6.10 Å². The van der Waals surface area contributed by atoms with E-state index in [1.807, 2.05) is 6.07 Å². The molecule has 1 aliphatic carbocycles. The zero-order valence-corrected chi connectivity index (χ0v) is 17.0. The number of carbonyl (C=O) groups excluding carboxylic acids is 1. The van der Waals surface area contributed by atoms with Gasteiger partial charge in [-0.1, -0.05) is 12.1 Å². The molecule has 2 aliphatic heterocycles. The third kappa shape index (κ3) is 5.39. The van der Waals surface area contributed by atoms with Gasteiger partial charge in [-0.2, -0.15) is 0 Å². The number of amides is 1. The van der Waals surface area contributed by atoms with Crippen molar-refractivity contribution < 1.29 is 9.53 Å². The van der Waals surface area contributed by atoms with Crippen molar-refractivity contribution in [1.82, 2.24) is 10.2 Å². The molecule has 2 atom stereocenters. The molecule has 1 amide bonds. The van der Waals surface area contributed by atoms with Gasteiger partial charge in [-0.25, -0.2) is 0 Å². The van der Waals surface area contributed by atoms with Crippen molar-refractivity contribution in [3.8, 4) is 5.75 Å². The van der Waals surface area contributed by atoms with E-state index < -0.39 is 0 Å². The van der Waals surface area contributed by atoms with E-state index in [1.54, 1.807) is 0 Å². The molecular formula is C22H33ClN2O2. The summed E-state index contributed by atoms with van der Waals surface area (Å²) in [6.45, 7) is 4.15. The highest BCUT2D eigenvalue weighted by molar-refractivity contribution is 5.85. The molecule has 2 heterocycles. The average molecular weight is 393 g/mol. The lowest BCUT2D eigenvalue weighted by Crippen LogP contribution is -2.32. The number of nitrogens with one attached hydrogen (secondary N) is 1. The Morgan fingerprint density at radius 3 is 2.48 bits per heavy atom. The van der Waals surface area contributed by atoms with Crippen molar-refractivity contribution in [3.05, 3.63) is 29.8 Å². The number of halogens is 1. The predicted octanol–water partition coefficient (Wildman–Crippen LogP) is 3.82. The van der Waals surface area contributed by atoms with E-state index in [4.69, 9.17) is 4.74 Å². The van der Waals surface area contributed by atoms with Crippen molar-refractivity contribution in [2.45, 2.75) is 57.5 Å². The van der Waals surface area contributed by atoms with Gasteiger partial charge in [-0.05, 0) is 87.6 Å². The Bertz CT molecular complexity index is 604. The lowest BCUT2D eigenvalue weighted by atomic mass is 9.92. The highest BCUT2D eigenvalue weighted by Crippen LogP contribution is 2.28. The smallest absolute Gasteiger partial charge is 0.222 e. The average Bonchev–Trinajstić information content (AvgIpc) is 3.29. The number of hydrogen-bond acceptors (Lipinski definition) is 3. The first-order valence-corrected chi connectivity index (χ1v) is 10.5. The Morgan fingerprint density at radius 1 is 1.07 bits per heavy atom. The largest absolute Gasteiger partial charge is 0.490 e. The van der Waals surface area contributed by atoms with Crippen molar-refractivity contribution in [2.24, 2.45) is 11.8 Å². The number of benzene rings is 1. The number of aryl methyl sites for hydroxylation is 1. The third-order valence-corrected chi connectivity index (χ3v) is 6.50. The molecule has 0 aromatic heterocycles. The van der Waals surface area contributed by atoms with Crippen LogP contribution in [0.15, 0.2) is 24.3 Å². The lowest BCUT2D eigenvalue weighted by Gasteiger charge is -2.21. The van der Waals surface area contributed by atoms with Gasteiger partial charge in [0, 0.05) is 19.5 Å². The van der Waals surface area contributed by atoms with Crippen LogP contribution in [0.5, 0.6) is 5.75 Å². The van der Waals surface area contributed by atoms with E-state index in [2.05, 4.69) is 28.4 Å². The van der Waals surface area contributed by atoms with E-state index in [0.29, 0.717) is 18.4 Å². The van der Waals surface area contributed by atoms with E-state index >= 15 is 0 Å². The first-order chi connectivity index (χ1) is 12.8. The molecule has 0 radical (unpaired) electrons. The van der Waals surface area contributed by atoms with E-state index in [9.17, 15) is 4.79 Å². The second kappa shape index (κ2) is 9.79. The number of fused-ring (bicyclic) bond motifs is 1. The molecule has 1 aromatic rings. The summed E-state index contributed by atoms with van der Waals surface area (Å²) in [4.78, 5) is 14.8. The summed E-state index contributed by atoms with van der Waals surface area (Å²) < 4.78 is 6.10. The predicted molar refractivity (Wildman–Crippen MR) is 111 cm³/mol. The molecule has 2 saturated heterocycles. The van der Waals surface area contributed by atoms with Crippen molar-refractivity contribution in [1.29, 1.82) is 0 Å². The molecule has 0 bridgehead atoms. The zero-order chi connectivity index (χ0) is 17.8. The maximum atomic E-state index is 12.7. The van der Waals surface area contributed by atoms with Crippen LogP contribution in [0.4, 0.5) is 0 Å². The van der Waals surface area contributed by atoms with Gasteiger partial charge in [-0.3, -0.25) is 4.79 Å². The number of ether oxygens (including phenoxy) is 1. The maximum Gasteiger partial charge on any atom is 0.222 e. The summed E-state index contributed by atoms with van der Waals surface area (Å²) in [7, 11) is 0. The molecule has 27 heavy (non-hydrogen) atoms. The number of nitrogens with zero attached hydrogens (tertiary/aromatic N) is 1. The summed E-state index contributed by atoms with van der Waals surface area (Å²) in [5, 5.41) is 3.50. The summed E-state index contributed by atoms with van der Waals surface area (Å²) >= 11 is 0. The van der Waals surface area contributed by atoms with E-state index in [0.717, 1.165) is 63.0 Å². The SMILES string of the molecule is Cl.O=C(CCc1cccc(OC2CCCC2)c1)N1CC[C@@H]2CNC[C@@H]2CC1. The van der Waals surface area contributed by atoms with Crippen LogP contribution in [-0.4, -0.2) is 43.1 Å². The monoisotopic (exact) mass is 392 g/mol. The summed E-state index contributed by atoms with van der Waals surface area (Å²) in [6, 6.07) is 8.35. The fourth-order valence-corrected chi connectivity index (χ4v) is 4.85. The van der Waals surface area contributed by atoms with Crippen LogP contribution < -0.4 is 10.1 Å². The number of carbonyl (C=O) groups is 1. The van der Waals surface area contributed by atoms with E-state index in [-0.39, 0.29) is 12.4 Å². The topological polar surface area (TPSA) is 41.6 Å². The van der Waals surface area contributed by atoms with E-state index in [1.165, 1.54) is 31.2 Å². The zero-order valence-electron chi connectivity index (χ0n) is 16.2. The Hall–Kier alpha value is -1.26. The van der Waals surface area contributed by atoms with Crippen LogP contribution in [0.1, 0.15) is 50.5 Å². The summed E-state index contributed by atoms with van der Waals surface area (Å²) in [5.74, 6) is 2.84. The third-order valence-electron chi connectivity index (χ3n) is 6.50. The van der Waals surface area contributed by atoms with Crippen LogP contribution in [0.3, 0.4) is 0 Å². The van der Waals surface area contributed by atoms with Crippen LogP contribution in [-0.2, 0) is 11.2 Å². The Labute approximate surface area is 169 Å². The lowest BCUT2D eigenvalue weighted by molar-refractivity contribution is -0.131. The second-order valence-corrected chi connectivity index (χ2v) is 8.31. The Morgan fingerprint density at radius 2 is 1.78 bits per heavy atom. The molecule has 4 rings (SSSR count). The summed E-state index contributed by atoms with van der Waals surface area (Å²) in [6.07, 6.45) is 9.05. The van der Waals surface area contributed by atoms with Gasteiger partial charge in [0.15, 0.2) is 0 Å². The quantitative estimate of drug-likeness (QED) is 0.828. The van der Waals surface area contributed by atoms with Crippen LogP contribution in [0, 0.1) is 11.8 Å². The Balaban J connectivity index is 0.00000210. The second-order valence-electron chi connectivity index (χ2n) is 8.31. The minimum Gasteiger partial charge on any atom is -0.490 e. The Kier molecular flexibility index (Phi) is 7.42. The first-order valence-electron chi connectivity index (χ1n) is 10.5. The fourth-order valence-electron chi connectivity index (χ4n) is 4.85. The number of rotatable bonds is 5. The molecule has 3 fully saturated rings. The van der Waals surface area contributed by atoms with Crippen molar-refractivity contribution in [2.75, 3.05) is 26.2 Å². The van der Waals surface area contributed by atoms with Gasteiger partial charge in [0.1, 0.15) is 5.75 Å². The van der Waals surface area contributed by atoms with Gasteiger partial charge in [0.25, 0.3) is 0 Å². The normalized spacial score (nSPS) is 25.6. The molecule has 4 nitrogen and oxygen atoms in total.